The van der Waals surface area contributed by atoms with Crippen LogP contribution in [0.3, 0.4) is 0 Å². The molecule has 1 aromatic rings. The van der Waals surface area contributed by atoms with Crippen molar-refractivity contribution in [1.29, 1.82) is 0 Å². The number of carbonyl (C=O) groups excluding carboxylic acids is 1. The van der Waals surface area contributed by atoms with Gasteiger partial charge in [0, 0.05) is 17.8 Å². The van der Waals surface area contributed by atoms with Gasteiger partial charge in [-0.25, -0.2) is 0 Å². The molecule has 3 atom stereocenters. The Morgan fingerprint density at radius 2 is 1.71 bits per heavy atom. The minimum Gasteiger partial charge on any atom is -0.308 e. The predicted molar refractivity (Wildman–Crippen MR) is 116 cm³/mol. The Labute approximate surface area is 171 Å². The molecule has 3 nitrogen and oxygen atoms in total. The van der Waals surface area contributed by atoms with Crippen molar-refractivity contribution >= 4 is 11.6 Å². The fraction of sp³-hybridized carbons (Fsp3) is 0.720. The number of hydrogen-bond acceptors (Lipinski definition) is 2. The molecule has 0 radical (unpaired) electrons. The highest BCUT2D eigenvalue weighted by Crippen LogP contribution is 2.63. The topological polar surface area (TPSA) is 23.6 Å². The molecule has 154 valence electrons. The lowest BCUT2D eigenvalue weighted by molar-refractivity contribution is -0.122. The van der Waals surface area contributed by atoms with Crippen molar-refractivity contribution in [2.45, 2.75) is 84.2 Å². The van der Waals surface area contributed by atoms with Crippen LogP contribution >= 0.6 is 0 Å². The van der Waals surface area contributed by atoms with Gasteiger partial charge in [0.15, 0.2) is 0 Å². The molecule has 3 heteroatoms. The summed E-state index contributed by atoms with van der Waals surface area (Å²) in [6.45, 7) is 7.86. The lowest BCUT2D eigenvalue weighted by atomic mass is 9.68. The molecule has 3 fully saturated rings. The van der Waals surface area contributed by atoms with E-state index in [-0.39, 0.29) is 5.91 Å². The van der Waals surface area contributed by atoms with Crippen LogP contribution in [0.5, 0.6) is 0 Å². The summed E-state index contributed by atoms with van der Waals surface area (Å²) in [5.41, 5.74) is 1.74. The second-order valence-corrected chi connectivity index (χ2v) is 10.6. The molecule has 3 aliphatic carbocycles. The van der Waals surface area contributed by atoms with Gasteiger partial charge in [-0.05, 0) is 68.0 Å². The summed E-state index contributed by atoms with van der Waals surface area (Å²) >= 11 is 0. The van der Waals surface area contributed by atoms with Crippen molar-refractivity contribution in [3.05, 3.63) is 30.3 Å². The third-order valence-electron chi connectivity index (χ3n) is 8.26. The summed E-state index contributed by atoms with van der Waals surface area (Å²) in [5, 5.41) is 0. The van der Waals surface area contributed by atoms with Crippen molar-refractivity contribution < 1.29 is 4.79 Å². The fourth-order valence-corrected chi connectivity index (χ4v) is 7.24. The van der Waals surface area contributed by atoms with Crippen LogP contribution in [0.2, 0.25) is 0 Å². The smallest absolute Gasteiger partial charge is 0.241 e. The monoisotopic (exact) mass is 382 g/mol. The fourth-order valence-electron chi connectivity index (χ4n) is 7.24. The van der Waals surface area contributed by atoms with E-state index in [2.05, 4.69) is 61.9 Å². The zero-order valence-electron chi connectivity index (χ0n) is 18.3. The molecule has 1 amide bonds. The van der Waals surface area contributed by atoms with Crippen LogP contribution in [-0.4, -0.2) is 36.5 Å². The Hall–Kier alpha value is -1.35. The lowest BCUT2D eigenvalue weighted by Gasteiger charge is -2.48. The molecule has 3 unspecified atom stereocenters. The summed E-state index contributed by atoms with van der Waals surface area (Å²) in [6.07, 6.45) is 10.1. The standard InChI is InChI=1S/C25H38N2O/c1-24(2)19-15-16-25(3,17-19)23(24)26(4)18-22(28)27(20-11-7-5-8-12-20)21-13-9-6-10-14-21/h5,7-8,11-12,19,21,23H,6,9-10,13-18H2,1-4H3. The van der Waals surface area contributed by atoms with E-state index in [1.807, 2.05) is 6.07 Å². The van der Waals surface area contributed by atoms with Crippen LogP contribution in [0.1, 0.15) is 72.1 Å². The number of benzene rings is 1. The van der Waals surface area contributed by atoms with Gasteiger partial charge in [0.05, 0.1) is 6.54 Å². The highest BCUT2D eigenvalue weighted by atomic mass is 16.2. The van der Waals surface area contributed by atoms with E-state index < -0.39 is 0 Å². The van der Waals surface area contributed by atoms with Gasteiger partial charge in [-0.15, -0.1) is 0 Å². The summed E-state index contributed by atoms with van der Waals surface area (Å²) in [7, 11) is 2.19. The molecule has 0 heterocycles. The normalized spacial score (nSPS) is 32.0. The maximum Gasteiger partial charge on any atom is 0.241 e. The summed E-state index contributed by atoms with van der Waals surface area (Å²) in [5.74, 6) is 1.09. The minimum atomic E-state index is 0.280. The number of amides is 1. The first kappa shape index (κ1) is 19.9. The van der Waals surface area contributed by atoms with Crippen LogP contribution < -0.4 is 4.90 Å². The van der Waals surface area contributed by atoms with E-state index in [1.165, 1.54) is 38.5 Å². The number of carbonyl (C=O) groups is 1. The summed E-state index contributed by atoms with van der Waals surface area (Å²) in [6, 6.07) is 11.2. The number of hydrogen-bond donors (Lipinski definition) is 0. The first-order valence-electron chi connectivity index (χ1n) is 11.4. The van der Waals surface area contributed by atoms with Gasteiger partial charge >= 0.3 is 0 Å². The van der Waals surface area contributed by atoms with E-state index in [9.17, 15) is 4.79 Å². The highest BCUT2D eigenvalue weighted by Gasteiger charge is 2.60. The Balaban J connectivity index is 1.54. The zero-order chi connectivity index (χ0) is 19.9. The average Bonchev–Trinajstić information content (AvgIpc) is 3.14. The molecular weight excluding hydrogens is 344 g/mol. The highest BCUT2D eigenvalue weighted by molar-refractivity contribution is 5.95. The van der Waals surface area contributed by atoms with Gasteiger partial charge in [0.1, 0.15) is 0 Å². The number of rotatable bonds is 5. The Bertz CT molecular complexity index is 689. The molecule has 1 aromatic carbocycles. The largest absolute Gasteiger partial charge is 0.308 e. The van der Waals surface area contributed by atoms with Gasteiger partial charge in [0.2, 0.25) is 5.91 Å². The van der Waals surface area contributed by atoms with Crippen LogP contribution in [0, 0.1) is 16.7 Å². The first-order chi connectivity index (χ1) is 13.3. The predicted octanol–water partition coefficient (Wildman–Crippen LogP) is 5.50. The molecule has 0 aliphatic heterocycles. The summed E-state index contributed by atoms with van der Waals surface area (Å²) in [4.78, 5) is 18.2. The second-order valence-electron chi connectivity index (χ2n) is 10.6. The number of anilines is 1. The lowest BCUT2D eigenvalue weighted by Crippen LogP contribution is -2.55. The van der Waals surface area contributed by atoms with Crippen LogP contribution in [0.25, 0.3) is 0 Å². The van der Waals surface area contributed by atoms with Crippen molar-refractivity contribution in [1.82, 2.24) is 4.90 Å². The number of para-hydroxylation sites is 1. The number of fused-ring (bicyclic) bond motifs is 2. The van der Waals surface area contributed by atoms with E-state index >= 15 is 0 Å². The molecule has 4 rings (SSSR count). The Morgan fingerprint density at radius 1 is 1.04 bits per heavy atom. The van der Waals surface area contributed by atoms with Crippen LogP contribution in [0.4, 0.5) is 5.69 Å². The summed E-state index contributed by atoms with van der Waals surface area (Å²) < 4.78 is 0. The molecule has 0 aromatic heterocycles. The third-order valence-corrected chi connectivity index (χ3v) is 8.26. The van der Waals surface area contributed by atoms with Gasteiger partial charge in [-0.1, -0.05) is 58.2 Å². The van der Waals surface area contributed by atoms with E-state index in [0.29, 0.717) is 29.5 Å². The van der Waals surface area contributed by atoms with Crippen LogP contribution in [-0.2, 0) is 4.79 Å². The van der Waals surface area contributed by atoms with Crippen molar-refractivity contribution in [2.75, 3.05) is 18.5 Å². The molecule has 3 saturated carbocycles. The SMILES string of the molecule is CN(CC(=O)N(c1ccccc1)C1CCCCC1)C1C2(C)CCC(C2)C1(C)C. The van der Waals surface area contributed by atoms with E-state index in [0.717, 1.165) is 24.4 Å². The third kappa shape index (κ3) is 3.40. The van der Waals surface area contributed by atoms with E-state index in [1.54, 1.807) is 0 Å². The molecule has 3 aliphatic rings. The molecule has 2 bridgehead atoms. The second kappa shape index (κ2) is 7.48. The van der Waals surface area contributed by atoms with Crippen molar-refractivity contribution in [2.24, 2.45) is 16.7 Å². The average molecular weight is 383 g/mol. The molecule has 0 N–H and O–H groups in total. The van der Waals surface area contributed by atoms with E-state index in [4.69, 9.17) is 0 Å². The zero-order valence-corrected chi connectivity index (χ0v) is 18.3. The van der Waals surface area contributed by atoms with Gasteiger partial charge in [-0.2, -0.15) is 0 Å². The van der Waals surface area contributed by atoms with Gasteiger partial charge in [-0.3, -0.25) is 9.69 Å². The van der Waals surface area contributed by atoms with Gasteiger partial charge < -0.3 is 4.90 Å². The first-order valence-corrected chi connectivity index (χ1v) is 11.4. The Kier molecular flexibility index (Phi) is 5.33. The molecule has 0 spiro atoms. The van der Waals surface area contributed by atoms with Crippen molar-refractivity contribution in [3.8, 4) is 0 Å². The quantitative estimate of drug-likeness (QED) is 0.671. The molecule has 28 heavy (non-hydrogen) atoms. The van der Waals surface area contributed by atoms with Crippen LogP contribution in [0.15, 0.2) is 30.3 Å². The number of nitrogens with zero attached hydrogens (tertiary/aromatic N) is 2. The Morgan fingerprint density at radius 3 is 2.32 bits per heavy atom. The molecular formula is C25H38N2O. The number of likely N-dealkylation sites (N-methyl/N-ethyl adjacent to an activating group) is 1. The van der Waals surface area contributed by atoms with Gasteiger partial charge in [0.25, 0.3) is 0 Å². The maximum absolute atomic E-state index is 13.6. The maximum atomic E-state index is 13.6. The minimum absolute atomic E-state index is 0.280. The molecule has 0 saturated heterocycles. The van der Waals surface area contributed by atoms with Crippen molar-refractivity contribution in [3.63, 3.8) is 0 Å².